The van der Waals surface area contributed by atoms with E-state index in [0.717, 1.165) is 5.71 Å². The van der Waals surface area contributed by atoms with Crippen LogP contribution in [0.4, 0.5) is 0 Å². The van der Waals surface area contributed by atoms with Crippen LogP contribution in [0.3, 0.4) is 0 Å². The van der Waals surface area contributed by atoms with E-state index in [0.29, 0.717) is 0 Å². The minimum atomic E-state index is -0.0647. The van der Waals surface area contributed by atoms with Gasteiger partial charge in [-0.25, -0.2) is 0 Å². The molecule has 0 saturated heterocycles. The third-order valence-corrected chi connectivity index (χ3v) is 0.630. The summed E-state index contributed by atoms with van der Waals surface area (Å²) < 4.78 is 4.48. The van der Waals surface area contributed by atoms with E-state index < -0.39 is 0 Å². The molecule has 0 heterocycles. The summed E-state index contributed by atoms with van der Waals surface area (Å²) in [5.41, 5.74) is 0.883. The maximum absolute atomic E-state index is 5.14. The van der Waals surface area contributed by atoms with Gasteiger partial charge in [-0.3, -0.25) is 0 Å². The van der Waals surface area contributed by atoms with Crippen molar-refractivity contribution in [3.63, 3.8) is 0 Å². The zero-order valence-electron chi connectivity index (χ0n) is 4.23. The second-order valence-electron chi connectivity index (χ2n) is 1.21. The van der Waals surface area contributed by atoms with Gasteiger partial charge >= 0.3 is 9.07 Å². The standard InChI is InChI=1S/C3H6ClNOSi/c1-3(2)5-6-7-4/h1-2H3. The van der Waals surface area contributed by atoms with Crippen LogP contribution in [0.25, 0.3) is 0 Å². The average molecular weight is 136 g/mol. The lowest BCUT2D eigenvalue weighted by atomic mass is 10.5. The predicted octanol–water partition coefficient (Wildman–Crippen LogP) is 1.17. The Kier molecular flexibility index (Phi) is 4.13. The van der Waals surface area contributed by atoms with Crippen molar-refractivity contribution in [2.45, 2.75) is 13.8 Å². The normalized spacial score (nSPS) is 7.86. The highest BCUT2D eigenvalue weighted by Crippen LogP contribution is 1.77. The quantitative estimate of drug-likeness (QED) is 0.241. The van der Waals surface area contributed by atoms with E-state index in [2.05, 4.69) is 9.68 Å². The summed E-state index contributed by atoms with van der Waals surface area (Å²) in [6.07, 6.45) is 0. The molecule has 0 rings (SSSR count). The summed E-state index contributed by atoms with van der Waals surface area (Å²) in [6.45, 7) is 3.69. The first-order valence-electron chi connectivity index (χ1n) is 1.80. The molecule has 0 spiro atoms. The van der Waals surface area contributed by atoms with E-state index in [4.69, 9.17) is 11.1 Å². The van der Waals surface area contributed by atoms with Crippen LogP contribution in [-0.2, 0) is 4.53 Å². The summed E-state index contributed by atoms with van der Waals surface area (Å²) in [5.74, 6) is 0. The van der Waals surface area contributed by atoms with Gasteiger partial charge in [-0.05, 0) is 13.8 Å². The molecule has 0 aliphatic carbocycles. The van der Waals surface area contributed by atoms with Crippen molar-refractivity contribution in [1.29, 1.82) is 0 Å². The molecule has 7 heavy (non-hydrogen) atoms. The number of halogens is 1. The Morgan fingerprint density at radius 2 is 2.29 bits per heavy atom. The van der Waals surface area contributed by atoms with Crippen molar-refractivity contribution in [3.05, 3.63) is 0 Å². The van der Waals surface area contributed by atoms with Crippen LogP contribution >= 0.6 is 11.1 Å². The molecule has 0 amide bonds. The van der Waals surface area contributed by atoms with Crippen molar-refractivity contribution in [1.82, 2.24) is 0 Å². The highest BCUT2D eigenvalue weighted by molar-refractivity contribution is 6.89. The van der Waals surface area contributed by atoms with Gasteiger partial charge in [0.25, 0.3) is 0 Å². The fourth-order valence-corrected chi connectivity index (χ4v) is 0.429. The van der Waals surface area contributed by atoms with Gasteiger partial charge in [-0.1, -0.05) is 0 Å². The fraction of sp³-hybridized carbons (Fsp3) is 0.667. The third kappa shape index (κ3) is 5.98. The molecule has 0 unspecified atom stereocenters. The number of hydrogen-bond acceptors (Lipinski definition) is 2. The Labute approximate surface area is 50.1 Å². The van der Waals surface area contributed by atoms with Crippen LogP contribution < -0.4 is 0 Å². The highest BCUT2D eigenvalue weighted by Gasteiger charge is 1.78. The molecule has 0 N–H and O–H groups in total. The largest absolute Gasteiger partial charge is 0.475 e. The van der Waals surface area contributed by atoms with Crippen LogP contribution in [0.2, 0.25) is 0 Å². The van der Waals surface area contributed by atoms with E-state index in [-0.39, 0.29) is 9.07 Å². The molecular formula is C3H6ClNOSi. The minimum Gasteiger partial charge on any atom is -0.432 e. The summed E-state index contributed by atoms with van der Waals surface area (Å²) >= 11 is 5.14. The maximum Gasteiger partial charge on any atom is 0.475 e. The second kappa shape index (κ2) is 4.14. The van der Waals surface area contributed by atoms with Crippen LogP contribution in [0.5, 0.6) is 0 Å². The second-order valence-corrected chi connectivity index (χ2v) is 2.01. The smallest absolute Gasteiger partial charge is 0.432 e. The molecule has 0 aromatic carbocycles. The monoisotopic (exact) mass is 135 g/mol. The fourth-order valence-electron chi connectivity index (χ4n) is 0.109. The molecule has 0 bridgehead atoms. The van der Waals surface area contributed by atoms with Gasteiger partial charge in [-0.15, -0.1) is 16.2 Å². The van der Waals surface area contributed by atoms with E-state index in [1.54, 1.807) is 0 Å². The number of hydrogen-bond donors (Lipinski definition) is 0. The van der Waals surface area contributed by atoms with Crippen molar-refractivity contribution >= 4 is 25.9 Å². The van der Waals surface area contributed by atoms with Crippen molar-refractivity contribution in [2.75, 3.05) is 0 Å². The average Bonchev–Trinajstić information content (AvgIpc) is 1.61. The molecule has 2 nitrogen and oxygen atoms in total. The van der Waals surface area contributed by atoms with E-state index in [1.165, 1.54) is 0 Å². The van der Waals surface area contributed by atoms with E-state index >= 15 is 0 Å². The lowest BCUT2D eigenvalue weighted by molar-refractivity contribution is 0.372. The van der Waals surface area contributed by atoms with Crippen LogP contribution in [0.1, 0.15) is 13.8 Å². The van der Waals surface area contributed by atoms with Crippen LogP contribution in [-0.4, -0.2) is 14.8 Å². The van der Waals surface area contributed by atoms with Gasteiger partial charge in [-0.2, -0.15) is 0 Å². The molecular weight excluding hydrogens is 130 g/mol. The SMILES string of the molecule is CC(C)=NO[Si]Cl. The molecule has 0 atom stereocenters. The van der Waals surface area contributed by atoms with Gasteiger partial charge in [0.15, 0.2) is 0 Å². The molecule has 2 radical (unpaired) electrons. The Morgan fingerprint density at radius 1 is 1.71 bits per heavy atom. The molecule has 40 valence electrons. The lowest BCUT2D eigenvalue weighted by Crippen LogP contribution is -1.85. The van der Waals surface area contributed by atoms with Gasteiger partial charge in [0.05, 0.1) is 0 Å². The van der Waals surface area contributed by atoms with E-state index in [9.17, 15) is 0 Å². The summed E-state index contributed by atoms with van der Waals surface area (Å²) in [5, 5.41) is 3.54. The van der Waals surface area contributed by atoms with Crippen molar-refractivity contribution < 1.29 is 4.53 Å². The highest BCUT2D eigenvalue weighted by atomic mass is 35.6. The molecule has 0 aromatic heterocycles. The Morgan fingerprint density at radius 3 is 2.43 bits per heavy atom. The zero-order chi connectivity index (χ0) is 5.70. The van der Waals surface area contributed by atoms with Crippen molar-refractivity contribution in [2.24, 2.45) is 5.16 Å². The molecule has 0 aromatic rings. The topological polar surface area (TPSA) is 21.6 Å². The third-order valence-electron chi connectivity index (χ3n) is 0.263. The minimum absolute atomic E-state index is 0.0647. The van der Waals surface area contributed by atoms with Crippen molar-refractivity contribution in [3.8, 4) is 0 Å². The first-order chi connectivity index (χ1) is 3.27. The van der Waals surface area contributed by atoms with Gasteiger partial charge in [0.2, 0.25) is 0 Å². The molecule has 0 saturated carbocycles. The zero-order valence-corrected chi connectivity index (χ0v) is 5.99. The Balaban J connectivity index is 3.08. The van der Waals surface area contributed by atoms with E-state index in [1.807, 2.05) is 13.8 Å². The number of oxime groups is 1. The Bertz CT molecular complexity index is 71.3. The summed E-state index contributed by atoms with van der Waals surface area (Å²) in [7, 11) is -0.0647. The first kappa shape index (κ1) is 6.98. The van der Waals surface area contributed by atoms with Gasteiger partial charge in [0, 0.05) is 5.71 Å². The summed E-state index contributed by atoms with van der Waals surface area (Å²) in [4.78, 5) is 0. The molecule has 0 aliphatic rings. The van der Waals surface area contributed by atoms with Crippen LogP contribution in [0.15, 0.2) is 5.16 Å². The lowest BCUT2D eigenvalue weighted by Gasteiger charge is -1.86. The predicted molar refractivity (Wildman–Crippen MR) is 31.5 cm³/mol. The van der Waals surface area contributed by atoms with Crippen LogP contribution in [0, 0.1) is 0 Å². The van der Waals surface area contributed by atoms with Gasteiger partial charge < -0.3 is 4.53 Å². The first-order valence-corrected chi connectivity index (χ1v) is 3.72. The van der Waals surface area contributed by atoms with Gasteiger partial charge in [0.1, 0.15) is 0 Å². The molecule has 0 aliphatic heterocycles. The molecule has 0 fully saturated rings. The summed E-state index contributed by atoms with van der Waals surface area (Å²) in [6, 6.07) is 0. The number of rotatable bonds is 2. The number of nitrogens with zero attached hydrogens (tertiary/aromatic N) is 1. The Hall–Kier alpha value is -0.0231. The molecule has 4 heteroatoms. The maximum atomic E-state index is 5.14.